The Morgan fingerprint density at radius 1 is 1.32 bits per heavy atom. The van der Waals surface area contributed by atoms with Gasteiger partial charge in [-0.2, -0.15) is 11.8 Å². The molecule has 1 aromatic rings. The first-order chi connectivity index (χ1) is 9.22. The minimum absolute atomic E-state index is 0.0599. The van der Waals surface area contributed by atoms with Crippen molar-refractivity contribution in [2.45, 2.75) is 37.0 Å². The molecule has 1 amide bonds. The summed E-state index contributed by atoms with van der Waals surface area (Å²) < 4.78 is 0. The molecule has 19 heavy (non-hydrogen) atoms. The van der Waals surface area contributed by atoms with Gasteiger partial charge in [0, 0.05) is 18.3 Å². The summed E-state index contributed by atoms with van der Waals surface area (Å²) in [5, 5.41) is 6.84. The zero-order valence-electron chi connectivity index (χ0n) is 11.5. The number of rotatable bonds is 4. The van der Waals surface area contributed by atoms with E-state index in [1.807, 2.05) is 24.9 Å². The van der Waals surface area contributed by atoms with Crippen LogP contribution < -0.4 is 10.6 Å². The van der Waals surface area contributed by atoms with E-state index >= 15 is 0 Å². The van der Waals surface area contributed by atoms with Gasteiger partial charge in [0.05, 0.1) is 11.9 Å². The number of nitrogens with zero attached hydrogens (tertiary/aromatic N) is 1. The second-order valence-corrected chi connectivity index (χ2v) is 6.00. The van der Waals surface area contributed by atoms with Gasteiger partial charge in [0.15, 0.2) is 0 Å². The predicted molar refractivity (Wildman–Crippen MR) is 80.8 cm³/mol. The maximum atomic E-state index is 12.1. The molecular formula is C14H21N3OS. The maximum absolute atomic E-state index is 12.1. The molecule has 0 saturated heterocycles. The van der Waals surface area contributed by atoms with Crippen molar-refractivity contribution in [1.82, 2.24) is 10.3 Å². The van der Waals surface area contributed by atoms with Crippen LogP contribution in [0.3, 0.4) is 0 Å². The number of pyridine rings is 1. The highest BCUT2D eigenvalue weighted by Crippen LogP contribution is 2.26. The van der Waals surface area contributed by atoms with Gasteiger partial charge in [-0.25, -0.2) is 4.98 Å². The average molecular weight is 279 g/mol. The summed E-state index contributed by atoms with van der Waals surface area (Å²) in [6.07, 6.45) is 8.38. The molecule has 0 aromatic carbocycles. The standard InChI is InChI=1S/C14H21N3OS/c1-15-11-5-8-13(16-9-11)14(18)17-10-3-6-12(19-2)7-4-10/h5,8-10,12,15H,3-4,6-7H2,1-2H3,(H,17,18). The summed E-state index contributed by atoms with van der Waals surface area (Å²) in [5.74, 6) is -0.0599. The molecule has 0 unspecified atom stereocenters. The van der Waals surface area contributed by atoms with Gasteiger partial charge in [-0.1, -0.05) is 0 Å². The number of amides is 1. The first-order valence-electron chi connectivity index (χ1n) is 6.70. The number of aromatic nitrogens is 1. The van der Waals surface area contributed by atoms with Gasteiger partial charge in [0.25, 0.3) is 5.91 Å². The van der Waals surface area contributed by atoms with Crippen LogP contribution in [0.25, 0.3) is 0 Å². The fourth-order valence-corrected chi connectivity index (χ4v) is 3.12. The number of hydrogen-bond acceptors (Lipinski definition) is 4. The minimum atomic E-state index is -0.0599. The number of nitrogens with one attached hydrogen (secondary N) is 2. The third-order valence-corrected chi connectivity index (χ3v) is 4.77. The van der Waals surface area contributed by atoms with Gasteiger partial charge in [-0.3, -0.25) is 4.79 Å². The molecule has 1 aliphatic rings. The number of carbonyl (C=O) groups excluding carboxylic acids is 1. The number of anilines is 1. The SMILES string of the molecule is CNc1ccc(C(=O)NC2CCC(SC)CC2)nc1. The predicted octanol–water partition coefficient (Wildman–Crippen LogP) is 2.53. The summed E-state index contributed by atoms with van der Waals surface area (Å²) >= 11 is 1.94. The van der Waals surface area contributed by atoms with Gasteiger partial charge in [0.2, 0.25) is 0 Å². The largest absolute Gasteiger partial charge is 0.387 e. The lowest BCUT2D eigenvalue weighted by Gasteiger charge is -2.27. The van der Waals surface area contributed by atoms with Crippen LogP contribution in [0.4, 0.5) is 5.69 Å². The third kappa shape index (κ3) is 3.86. The Balaban J connectivity index is 1.87. The van der Waals surface area contributed by atoms with E-state index in [1.54, 1.807) is 12.3 Å². The minimum Gasteiger partial charge on any atom is -0.387 e. The summed E-state index contributed by atoms with van der Waals surface area (Å²) in [5.41, 5.74) is 1.41. The molecule has 4 nitrogen and oxygen atoms in total. The molecule has 0 spiro atoms. The number of carbonyl (C=O) groups is 1. The molecule has 0 atom stereocenters. The van der Waals surface area contributed by atoms with Gasteiger partial charge < -0.3 is 10.6 Å². The van der Waals surface area contributed by atoms with Crippen LogP contribution in [0.5, 0.6) is 0 Å². The van der Waals surface area contributed by atoms with Crippen molar-refractivity contribution >= 4 is 23.4 Å². The highest BCUT2D eigenvalue weighted by molar-refractivity contribution is 7.99. The molecule has 0 bridgehead atoms. The molecule has 2 N–H and O–H groups in total. The van der Waals surface area contributed by atoms with E-state index < -0.39 is 0 Å². The molecule has 104 valence electrons. The highest BCUT2D eigenvalue weighted by Gasteiger charge is 2.22. The molecule has 1 heterocycles. The van der Waals surface area contributed by atoms with Crippen molar-refractivity contribution in [1.29, 1.82) is 0 Å². The summed E-state index contributed by atoms with van der Waals surface area (Å²) in [7, 11) is 1.83. The summed E-state index contributed by atoms with van der Waals surface area (Å²) in [4.78, 5) is 16.2. The van der Waals surface area contributed by atoms with Crippen LogP contribution in [0.1, 0.15) is 36.2 Å². The fraction of sp³-hybridized carbons (Fsp3) is 0.571. The van der Waals surface area contributed by atoms with E-state index in [9.17, 15) is 4.79 Å². The van der Waals surface area contributed by atoms with E-state index in [0.717, 1.165) is 23.8 Å². The summed E-state index contributed by atoms with van der Waals surface area (Å²) in [6, 6.07) is 3.93. The van der Waals surface area contributed by atoms with Crippen molar-refractivity contribution < 1.29 is 4.79 Å². The normalized spacial score (nSPS) is 22.8. The Bertz CT molecular complexity index is 413. The second kappa shape index (κ2) is 6.80. The van der Waals surface area contributed by atoms with Crippen LogP contribution in [0, 0.1) is 0 Å². The maximum Gasteiger partial charge on any atom is 0.270 e. The van der Waals surface area contributed by atoms with Gasteiger partial charge in [-0.05, 0) is 44.1 Å². The van der Waals surface area contributed by atoms with E-state index in [2.05, 4.69) is 21.9 Å². The van der Waals surface area contributed by atoms with Crippen molar-refractivity contribution in [3.05, 3.63) is 24.0 Å². The average Bonchev–Trinajstić information content (AvgIpc) is 2.48. The Morgan fingerprint density at radius 3 is 2.58 bits per heavy atom. The molecule has 2 rings (SSSR count). The zero-order valence-corrected chi connectivity index (χ0v) is 12.3. The van der Waals surface area contributed by atoms with Crippen LogP contribution in [0.2, 0.25) is 0 Å². The van der Waals surface area contributed by atoms with Crippen LogP contribution in [-0.2, 0) is 0 Å². The van der Waals surface area contributed by atoms with E-state index in [4.69, 9.17) is 0 Å². The lowest BCUT2D eigenvalue weighted by Crippen LogP contribution is -2.38. The molecule has 1 aromatic heterocycles. The van der Waals surface area contributed by atoms with Crippen molar-refractivity contribution in [3.63, 3.8) is 0 Å². The Hall–Kier alpha value is -1.23. The second-order valence-electron chi connectivity index (χ2n) is 4.86. The third-order valence-electron chi connectivity index (χ3n) is 3.63. The van der Waals surface area contributed by atoms with Gasteiger partial charge in [-0.15, -0.1) is 0 Å². The zero-order chi connectivity index (χ0) is 13.7. The quantitative estimate of drug-likeness (QED) is 0.889. The highest BCUT2D eigenvalue weighted by atomic mass is 32.2. The topological polar surface area (TPSA) is 54.0 Å². The van der Waals surface area contributed by atoms with Crippen molar-refractivity contribution in [3.8, 4) is 0 Å². The van der Waals surface area contributed by atoms with Crippen LogP contribution in [-0.4, -0.2) is 35.5 Å². The molecule has 1 aliphatic carbocycles. The molecule has 5 heteroatoms. The van der Waals surface area contributed by atoms with E-state index in [1.165, 1.54) is 12.8 Å². The van der Waals surface area contributed by atoms with Crippen molar-refractivity contribution in [2.24, 2.45) is 0 Å². The lowest BCUT2D eigenvalue weighted by molar-refractivity contribution is 0.0923. The van der Waals surface area contributed by atoms with E-state index in [0.29, 0.717) is 11.7 Å². The smallest absolute Gasteiger partial charge is 0.270 e. The van der Waals surface area contributed by atoms with Crippen LogP contribution in [0.15, 0.2) is 18.3 Å². The molecular weight excluding hydrogens is 258 g/mol. The Morgan fingerprint density at radius 2 is 2.05 bits per heavy atom. The summed E-state index contributed by atoms with van der Waals surface area (Å²) in [6.45, 7) is 0. The first-order valence-corrected chi connectivity index (χ1v) is 7.99. The molecule has 1 saturated carbocycles. The molecule has 1 fully saturated rings. The Kier molecular flexibility index (Phi) is 5.07. The number of hydrogen-bond donors (Lipinski definition) is 2. The fourth-order valence-electron chi connectivity index (χ4n) is 2.38. The number of thioether (sulfide) groups is 1. The molecule has 0 aliphatic heterocycles. The lowest BCUT2D eigenvalue weighted by atomic mass is 9.95. The molecule has 0 radical (unpaired) electrons. The monoisotopic (exact) mass is 279 g/mol. The van der Waals surface area contributed by atoms with Crippen molar-refractivity contribution in [2.75, 3.05) is 18.6 Å². The Labute approximate surface area is 118 Å². The first kappa shape index (κ1) is 14.2. The van der Waals surface area contributed by atoms with Gasteiger partial charge >= 0.3 is 0 Å². The van der Waals surface area contributed by atoms with Crippen LogP contribution >= 0.6 is 11.8 Å². The van der Waals surface area contributed by atoms with E-state index in [-0.39, 0.29) is 5.91 Å². The van der Waals surface area contributed by atoms with Gasteiger partial charge in [0.1, 0.15) is 5.69 Å².